The fourth-order valence-corrected chi connectivity index (χ4v) is 3.11. The maximum Gasteiger partial charge on any atom is 0.441 e. The number of thioether (sulfide) groups is 1. The number of nitrogens with two attached hydrogens (primary N) is 1. The SMILES string of the molecule is Cc1ccc(S(=O)(=O)NCCSC(F)(F)F)cc1CN. The number of hydrogen-bond acceptors (Lipinski definition) is 4. The zero-order valence-corrected chi connectivity index (χ0v) is 12.3. The van der Waals surface area contributed by atoms with Gasteiger partial charge in [0.2, 0.25) is 10.0 Å². The van der Waals surface area contributed by atoms with Gasteiger partial charge in [0, 0.05) is 18.8 Å². The van der Waals surface area contributed by atoms with E-state index in [-0.39, 0.29) is 35.5 Å². The minimum absolute atomic E-state index is 0.000517. The Labute approximate surface area is 120 Å². The fraction of sp³-hybridized carbons (Fsp3) is 0.455. The lowest BCUT2D eigenvalue weighted by molar-refractivity contribution is -0.0327. The molecular formula is C11H15F3N2O2S2. The number of halogens is 3. The zero-order valence-electron chi connectivity index (χ0n) is 10.7. The number of nitrogens with one attached hydrogen (secondary N) is 1. The molecule has 0 aliphatic carbocycles. The van der Waals surface area contributed by atoms with Crippen molar-refractivity contribution < 1.29 is 21.6 Å². The summed E-state index contributed by atoms with van der Waals surface area (Å²) in [6, 6.07) is 4.43. The van der Waals surface area contributed by atoms with Crippen molar-refractivity contribution in [3.63, 3.8) is 0 Å². The van der Waals surface area contributed by atoms with Crippen LogP contribution >= 0.6 is 11.8 Å². The third-order valence-electron chi connectivity index (χ3n) is 2.51. The summed E-state index contributed by atoms with van der Waals surface area (Å²) in [7, 11) is -3.81. The standard InChI is InChI=1S/C11H15F3N2O2S2/c1-8-2-3-10(6-9(8)7-15)20(17,18)16-4-5-19-11(12,13)14/h2-3,6,16H,4-5,7,15H2,1H3. The molecule has 0 bridgehead atoms. The Morgan fingerprint density at radius 3 is 2.55 bits per heavy atom. The Morgan fingerprint density at radius 1 is 1.35 bits per heavy atom. The van der Waals surface area contributed by atoms with Gasteiger partial charge in [0.15, 0.2) is 0 Å². The van der Waals surface area contributed by atoms with Gasteiger partial charge in [-0.25, -0.2) is 13.1 Å². The van der Waals surface area contributed by atoms with Gasteiger partial charge in [0.25, 0.3) is 0 Å². The molecule has 0 aromatic heterocycles. The Hall–Kier alpha value is -0.770. The van der Waals surface area contributed by atoms with E-state index in [2.05, 4.69) is 4.72 Å². The van der Waals surface area contributed by atoms with Crippen LogP contribution in [0.4, 0.5) is 13.2 Å². The number of benzene rings is 1. The molecule has 20 heavy (non-hydrogen) atoms. The summed E-state index contributed by atoms with van der Waals surface area (Å²) >= 11 is -0.267. The first kappa shape index (κ1) is 17.3. The van der Waals surface area contributed by atoms with Gasteiger partial charge in [-0.05, 0) is 41.9 Å². The van der Waals surface area contributed by atoms with E-state index in [0.717, 1.165) is 5.56 Å². The Morgan fingerprint density at radius 2 is 2.00 bits per heavy atom. The van der Waals surface area contributed by atoms with Gasteiger partial charge in [-0.3, -0.25) is 0 Å². The molecule has 0 amide bonds. The van der Waals surface area contributed by atoms with Crippen LogP contribution in [0.5, 0.6) is 0 Å². The van der Waals surface area contributed by atoms with Gasteiger partial charge < -0.3 is 5.73 Å². The van der Waals surface area contributed by atoms with Crippen molar-refractivity contribution in [3.8, 4) is 0 Å². The van der Waals surface area contributed by atoms with Gasteiger partial charge in [-0.1, -0.05) is 6.07 Å². The number of hydrogen-bond donors (Lipinski definition) is 2. The lowest BCUT2D eigenvalue weighted by Gasteiger charge is -2.10. The summed E-state index contributed by atoms with van der Waals surface area (Å²) < 4.78 is 61.7. The van der Waals surface area contributed by atoms with Crippen LogP contribution in [0.15, 0.2) is 23.1 Å². The molecule has 1 aromatic carbocycles. The van der Waals surface area contributed by atoms with Crippen molar-refractivity contribution in [1.29, 1.82) is 0 Å². The first-order valence-electron chi connectivity index (χ1n) is 5.65. The number of alkyl halides is 3. The second-order valence-corrected chi connectivity index (χ2v) is 6.91. The first-order valence-corrected chi connectivity index (χ1v) is 8.12. The highest BCUT2D eigenvalue weighted by molar-refractivity contribution is 8.00. The summed E-state index contributed by atoms with van der Waals surface area (Å²) in [4.78, 5) is 0.000517. The van der Waals surface area contributed by atoms with Crippen LogP contribution in [0.2, 0.25) is 0 Å². The smallest absolute Gasteiger partial charge is 0.326 e. The van der Waals surface area contributed by atoms with E-state index in [9.17, 15) is 21.6 Å². The van der Waals surface area contributed by atoms with E-state index < -0.39 is 15.5 Å². The minimum Gasteiger partial charge on any atom is -0.326 e. The number of rotatable bonds is 6. The Balaban J connectivity index is 2.69. The molecule has 0 aliphatic rings. The van der Waals surface area contributed by atoms with Crippen molar-refractivity contribution in [2.24, 2.45) is 5.73 Å². The normalized spacial score (nSPS) is 12.7. The zero-order chi connectivity index (χ0) is 15.4. The minimum atomic E-state index is -4.36. The second kappa shape index (κ2) is 6.79. The maximum atomic E-state index is 11.9. The van der Waals surface area contributed by atoms with E-state index in [1.165, 1.54) is 12.1 Å². The van der Waals surface area contributed by atoms with E-state index in [1.807, 2.05) is 0 Å². The van der Waals surface area contributed by atoms with Crippen LogP contribution in [0.25, 0.3) is 0 Å². The second-order valence-electron chi connectivity index (χ2n) is 3.98. The van der Waals surface area contributed by atoms with E-state index >= 15 is 0 Å². The third kappa shape index (κ3) is 5.31. The van der Waals surface area contributed by atoms with Crippen molar-refractivity contribution in [2.45, 2.75) is 23.9 Å². The predicted octanol–water partition coefficient (Wildman–Crippen LogP) is 1.99. The molecule has 0 radical (unpaired) electrons. The largest absolute Gasteiger partial charge is 0.441 e. The van der Waals surface area contributed by atoms with Gasteiger partial charge in [0.1, 0.15) is 0 Å². The highest BCUT2D eigenvalue weighted by Crippen LogP contribution is 2.29. The molecule has 0 unspecified atom stereocenters. The molecular weight excluding hydrogens is 313 g/mol. The van der Waals surface area contributed by atoms with Crippen LogP contribution in [-0.4, -0.2) is 26.2 Å². The molecule has 1 rings (SSSR count). The van der Waals surface area contributed by atoms with Crippen LogP contribution < -0.4 is 10.5 Å². The van der Waals surface area contributed by atoms with Gasteiger partial charge in [-0.15, -0.1) is 0 Å². The monoisotopic (exact) mass is 328 g/mol. The molecule has 0 saturated carbocycles. The fourth-order valence-electron chi connectivity index (χ4n) is 1.46. The molecule has 0 fully saturated rings. The van der Waals surface area contributed by atoms with E-state index in [1.54, 1.807) is 13.0 Å². The molecule has 1 aromatic rings. The third-order valence-corrected chi connectivity index (χ3v) is 4.70. The van der Waals surface area contributed by atoms with Crippen LogP contribution in [0, 0.1) is 6.92 Å². The van der Waals surface area contributed by atoms with Crippen molar-refractivity contribution in [2.75, 3.05) is 12.3 Å². The highest BCUT2D eigenvalue weighted by atomic mass is 32.2. The predicted molar refractivity (Wildman–Crippen MR) is 72.8 cm³/mol. The maximum absolute atomic E-state index is 11.9. The average molecular weight is 328 g/mol. The lowest BCUT2D eigenvalue weighted by Crippen LogP contribution is -2.27. The van der Waals surface area contributed by atoms with Crippen molar-refractivity contribution in [1.82, 2.24) is 4.72 Å². The van der Waals surface area contributed by atoms with E-state index in [0.29, 0.717) is 5.56 Å². The number of sulfonamides is 1. The van der Waals surface area contributed by atoms with Gasteiger partial charge in [0.05, 0.1) is 4.90 Å². The summed E-state index contributed by atoms with van der Waals surface area (Å²) in [5.74, 6) is -0.377. The van der Waals surface area contributed by atoms with Crippen LogP contribution in [-0.2, 0) is 16.6 Å². The van der Waals surface area contributed by atoms with Gasteiger partial charge in [-0.2, -0.15) is 13.2 Å². The molecule has 0 heterocycles. The first-order chi connectivity index (χ1) is 9.15. The van der Waals surface area contributed by atoms with Gasteiger partial charge >= 0.3 is 5.51 Å². The van der Waals surface area contributed by atoms with Crippen molar-refractivity contribution >= 4 is 21.8 Å². The molecule has 0 saturated heterocycles. The number of aryl methyl sites for hydroxylation is 1. The van der Waals surface area contributed by atoms with E-state index in [4.69, 9.17) is 5.73 Å². The Bertz CT molecular complexity index is 559. The molecule has 0 aliphatic heterocycles. The summed E-state index contributed by atoms with van der Waals surface area (Å²) in [5, 5.41) is 0. The average Bonchev–Trinajstić information content (AvgIpc) is 2.34. The van der Waals surface area contributed by atoms with Crippen molar-refractivity contribution in [3.05, 3.63) is 29.3 Å². The quantitative estimate of drug-likeness (QED) is 0.783. The lowest BCUT2D eigenvalue weighted by atomic mass is 10.1. The summed E-state index contributed by atoms with van der Waals surface area (Å²) in [5.41, 5.74) is 2.67. The summed E-state index contributed by atoms with van der Waals surface area (Å²) in [6.07, 6.45) is 0. The molecule has 0 spiro atoms. The topological polar surface area (TPSA) is 72.2 Å². The highest BCUT2D eigenvalue weighted by Gasteiger charge is 2.27. The Kier molecular flexibility index (Phi) is 5.87. The molecule has 114 valence electrons. The molecule has 9 heteroatoms. The van der Waals surface area contributed by atoms with Crippen LogP contribution in [0.1, 0.15) is 11.1 Å². The van der Waals surface area contributed by atoms with Crippen LogP contribution in [0.3, 0.4) is 0 Å². The molecule has 3 N–H and O–H groups in total. The molecule has 0 atom stereocenters. The summed E-state index contributed by atoms with van der Waals surface area (Å²) in [6.45, 7) is 1.70. The molecule has 4 nitrogen and oxygen atoms in total.